The lowest BCUT2D eigenvalue weighted by atomic mass is 10.00. The van der Waals surface area contributed by atoms with Gasteiger partial charge in [0.25, 0.3) is 0 Å². The van der Waals surface area contributed by atoms with Crippen LogP contribution in [0.3, 0.4) is 0 Å². The molecule has 4 heterocycles. The van der Waals surface area contributed by atoms with E-state index in [4.69, 9.17) is 0 Å². The fourth-order valence-electron chi connectivity index (χ4n) is 4.78. The zero-order valence-electron chi connectivity index (χ0n) is 20.7. The average Bonchev–Trinajstić information content (AvgIpc) is 3.66. The molecule has 1 amide bonds. The van der Waals surface area contributed by atoms with Crippen molar-refractivity contribution in [1.82, 2.24) is 30.1 Å². The van der Waals surface area contributed by atoms with Gasteiger partial charge < -0.3 is 26.0 Å². The highest BCUT2D eigenvalue weighted by Crippen LogP contribution is 2.28. The highest BCUT2D eigenvalue weighted by molar-refractivity contribution is 5.81. The third kappa shape index (κ3) is 6.18. The molecule has 1 saturated heterocycles. The monoisotopic (exact) mass is 528 g/mol. The summed E-state index contributed by atoms with van der Waals surface area (Å²) in [7, 11) is 0. The van der Waals surface area contributed by atoms with E-state index in [0.29, 0.717) is 48.3 Å². The maximum Gasteiger partial charge on any atom is 0.389 e. The molecule has 0 radical (unpaired) electrons. The molecular formula is C26H29F3N7O2-. The molecule has 12 heteroatoms. The Labute approximate surface area is 217 Å². The van der Waals surface area contributed by atoms with Gasteiger partial charge in [0.1, 0.15) is 0 Å². The number of rotatable bonds is 8. The van der Waals surface area contributed by atoms with Crippen molar-refractivity contribution >= 4 is 23.1 Å². The van der Waals surface area contributed by atoms with Crippen LogP contribution in [-0.2, 0) is 4.79 Å². The minimum absolute atomic E-state index is 0.120. The van der Waals surface area contributed by atoms with Crippen LogP contribution >= 0.6 is 0 Å². The second-order valence-electron chi connectivity index (χ2n) is 9.64. The van der Waals surface area contributed by atoms with Gasteiger partial charge in [-0.05, 0) is 73.2 Å². The summed E-state index contributed by atoms with van der Waals surface area (Å²) < 4.78 is 39.0. The predicted octanol–water partition coefficient (Wildman–Crippen LogP) is 2.32. The number of alkyl halides is 3. The summed E-state index contributed by atoms with van der Waals surface area (Å²) >= 11 is 0. The first-order chi connectivity index (χ1) is 18.2. The van der Waals surface area contributed by atoms with E-state index in [1.54, 1.807) is 28.9 Å². The van der Waals surface area contributed by atoms with Crippen LogP contribution in [0.25, 0.3) is 11.2 Å². The third-order valence-electron chi connectivity index (χ3n) is 6.88. The minimum atomic E-state index is -4.34. The lowest BCUT2D eigenvalue weighted by Crippen LogP contribution is -2.35. The lowest BCUT2D eigenvalue weighted by Gasteiger charge is -2.27. The molecule has 38 heavy (non-hydrogen) atoms. The van der Waals surface area contributed by atoms with Gasteiger partial charge in [-0.2, -0.15) is 18.2 Å². The number of halogens is 3. The van der Waals surface area contributed by atoms with Gasteiger partial charge in [-0.15, -0.1) is 5.10 Å². The average molecular weight is 529 g/mol. The minimum Gasteiger partial charge on any atom is -0.860 e. The molecule has 1 atom stereocenters. The Morgan fingerprint density at radius 2 is 2.16 bits per heavy atom. The lowest BCUT2D eigenvalue weighted by molar-refractivity contribution is -0.313. The number of hydrogen-bond acceptors (Lipinski definition) is 7. The van der Waals surface area contributed by atoms with E-state index in [1.807, 2.05) is 18.2 Å². The van der Waals surface area contributed by atoms with Crippen LogP contribution in [0, 0.1) is 5.92 Å². The normalized spacial score (nSPS) is 21.0. The molecule has 0 bridgehead atoms. The van der Waals surface area contributed by atoms with Crippen LogP contribution in [0.2, 0.25) is 0 Å². The third-order valence-corrected chi connectivity index (χ3v) is 6.88. The SMILES string of the molecule is O=C(CCC(F)(F)F)N1CC=C(c2cccn3nc(NC4=CC(=C([O-])NCC5CCNC5)C=C4)nc23)CC1. The van der Waals surface area contributed by atoms with Gasteiger partial charge in [0, 0.05) is 43.5 Å². The maximum atomic E-state index is 12.5. The van der Waals surface area contributed by atoms with E-state index >= 15 is 0 Å². The van der Waals surface area contributed by atoms with Crippen LogP contribution in [0.1, 0.15) is 31.2 Å². The molecule has 0 spiro atoms. The van der Waals surface area contributed by atoms with Crippen molar-refractivity contribution in [3.05, 3.63) is 65.4 Å². The van der Waals surface area contributed by atoms with Crippen molar-refractivity contribution in [3.8, 4) is 0 Å². The largest absolute Gasteiger partial charge is 0.860 e. The Morgan fingerprint density at radius 3 is 2.89 bits per heavy atom. The Bertz CT molecular complexity index is 1320. The quantitative estimate of drug-likeness (QED) is 0.451. The maximum absolute atomic E-state index is 12.5. The fourth-order valence-corrected chi connectivity index (χ4v) is 4.78. The Morgan fingerprint density at radius 1 is 1.29 bits per heavy atom. The Hall–Kier alpha value is -3.80. The molecule has 5 rings (SSSR count). The van der Waals surface area contributed by atoms with Crippen molar-refractivity contribution in [2.45, 2.75) is 31.9 Å². The van der Waals surface area contributed by atoms with Crippen LogP contribution in [0.5, 0.6) is 0 Å². The molecule has 0 aromatic carbocycles. The van der Waals surface area contributed by atoms with Crippen LogP contribution in [0.4, 0.5) is 19.1 Å². The predicted molar refractivity (Wildman–Crippen MR) is 134 cm³/mol. The van der Waals surface area contributed by atoms with E-state index in [0.717, 1.165) is 30.6 Å². The van der Waals surface area contributed by atoms with E-state index in [1.165, 1.54) is 4.90 Å². The number of nitrogens with zero attached hydrogens (tertiary/aromatic N) is 4. The molecule has 2 aromatic rings. The number of aromatic nitrogens is 3. The molecule has 202 valence electrons. The summed E-state index contributed by atoms with van der Waals surface area (Å²) in [5.41, 5.74) is 3.68. The van der Waals surface area contributed by atoms with Crippen molar-refractivity contribution in [2.24, 2.45) is 5.92 Å². The zero-order valence-corrected chi connectivity index (χ0v) is 20.7. The van der Waals surface area contributed by atoms with E-state index in [9.17, 15) is 23.1 Å². The van der Waals surface area contributed by atoms with Crippen molar-refractivity contribution in [2.75, 3.05) is 38.0 Å². The van der Waals surface area contributed by atoms with Crippen molar-refractivity contribution in [3.63, 3.8) is 0 Å². The molecule has 3 aliphatic rings. The fraction of sp³-hybridized carbons (Fsp3) is 0.423. The van der Waals surface area contributed by atoms with Crippen LogP contribution < -0.4 is 21.1 Å². The summed E-state index contributed by atoms with van der Waals surface area (Å²) in [4.78, 5) is 18.2. The van der Waals surface area contributed by atoms with Gasteiger partial charge in [0.15, 0.2) is 5.65 Å². The van der Waals surface area contributed by atoms with Gasteiger partial charge in [0.05, 0.1) is 6.42 Å². The van der Waals surface area contributed by atoms with Crippen molar-refractivity contribution < 1.29 is 23.1 Å². The highest BCUT2D eigenvalue weighted by Gasteiger charge is 2.29. The standard InChI is InChI=1S/C26H30F3N7O2/c27-26(28,29)9-5-22(37)35-12-7-18(8-13-35)21-2-1-11-36-23(21)33-25(34-36)32-20-4-3-19(14-20)24(38)31-16-17-6-10-30-15-17/h1-4,7,11,14,17,30-31,38H,5-6,8-10,12-13,15-16H2,(H,32,34)/p-1. The van der Waals surface area contributed by atoms with Gasteiger partial charge in [-0.1, -0.05) is 12.2 Å². The number of carbonyl (C=O) groups excluding carboxylic acids is 1. The zero-order chi connectivity index (χ0) is 26.7. The Balaban J connectivity index is 1.24. The first kappa shape index (κ1) is 25.8. The number of amides is 1. The number of carbonyl (C=O) groups is 1. The smallest absolute Gasteiger partial charge is 0.389 e. The summed E-state index contributed by atoms with van der Waals surface area (Å²) in [5.74, 6) is 0.209. The number of pyridine rings is 1. The van der Waals surface area contributed by atoms with Crippen LogP contribution in [0.15, 0.2) is 59.8 Å². The number of allylic oxidation sites excluding steroid dienone is 4. The van der Waals surface area contributed by atoms with E-state index in [2.05, 4.69) is 26.0 Å². The number of fused-ring (bicyclic) bond motifs is 1. The van der Waals surface area contributed by atoms with E-state index < -0.39 is 24.9 Å². The van der Waals surface area contributed by atoms with Crippen molar-refractivity contribution in [1.29, 1.82) is 0 Å². The first-order valence-electron chi connectivity index (χ1n) is 12.7. The highest BCUT2D eigenvalue weighted by atomic mass is 19.4. The van der Waals surface area contributed by atoms with Crippen LogP contribution in [-0.4, -0.2) is 64.3 Å². The second kappa shape index (κ2) is 10.9. The molecule has 3 N–H and O–H groups in total. The van der Waals surface area contributed by atoms with E-state index in [-0.39, 0.29) is 12.4 Å². The molecule has 1 unspecified atom stereocenters. The summed E-state index contributed by atoms with van der Waals surface area (Å²) in [6.07, 6.45) is 4.51. The molecule has 1 fully saturated rings. The summed E-state index contributed by atoms with van der Waals surface area (Å²) in [6, 6.07) is 3.75. The number of hydrogen-bond donors (Lipinski definition) is 3. The van der Waals surface area contributed by atoms with Gasteiger partial charge in [0.2, 0.25) is 11.9 Å². The molecule has 0 saturated carbocycles. The van der Waals surface area contributed by atoms with Gasteiger partial charge in [-0.25, -0.2) is 4.52 Å². The van der Waals surface area contributed by atoms with Gasteiger partial charge in [-0.3, -0.25) is 4.79 Å². The van der Waals surface area contributed by atoms with Gasteiger partial charge >= 0.3 is 6.18 Å². The molecule has 2 aliphatic heterocycles. The molecule has 1 aliphatic carbocycles. The molecule has 9 nitrogen and oxygen atoms in total. The summed E-state index contributed by atoms with van der Waals surface area (Å²) in [6.45, 7) is 3.15. The number of anilines is 1. The molecule has 2 aromatic heterocycles. The second-order valence-corrected chi connectivity index (χ2v) is 9.64. The topological polar surface area (TPSA) is 110 Å². The first-order valence-corrected chi connectivity index (χ1v) is 12.7. The number of nitrogens with one attached hydrogen (secondary N) is 3. The Kier molecular flexibility index (Phi) is 7.41. The summed E-state index contributed by atoms with van der Waals surface area (Å²) in [5, 5.41) is 26.4. The molecular weight excluding hydrogens is 499 g/mol.